The Balaban J connectivity index is 2.36. The van der Waals surface area contributed by atoms with Gasteiger partial charge in [0.15, 0.2) is 0 Å². The largest absolute Gasteiger partial charge is 0.496 e. The molecular weight excluding hydrogens is 334 g/mol. The van der Waals surface area contributed by atoms with E-state index in [0.29, 0.717) is 5.76 Å². The quantitative estimate of drug-likeness (QED) is 0.830. The third kappa shape index (κ3) is 3.41. The van der Waals surface area contributed by atoms with Crippen LogP contribution >= 0.6 is 11.6 Å². The Labute approximate surface area is 131 Å². The van der Waals surface area contributed by atoms with Gasteiger partial charge in [-0.2, -0.15) is 0 Å². The van der Waals surface area contributed by atoms with Crippen LogP contribution in [-0.4, -0.2) is 26.6 Å². The van der Waals surface area contributed by atoms with E-state index in [2.05, 4.69) is 4.72 Å². The molecule has 118 valence electrons. The number of ether oxygens (including phenoxy) is 1. The Hall–Kier alpha value is -2.03. The second kappa shape index (κ2) is 6.39. The number of carbonyl (C=O) groups is 1. The number of furan rings is 1. The second-order valence-electron chi connectivity index (χ2n) is 4.19. The normalized spacial score (nSPS) is 11.4. The molecule has 0 aliphatic carbocycles. The molecule has 0 radical (unpaired) electrons. The highest BCUT2D eigenvalue weighted by atomic mass is 35.5. The fourth-order valence-electron chi connectivity index (χ4n) is 1.73. The molecule has 1 aromatic heterocycles. The van der Waals surface area contributed by atoms with E-state index in [9.17, 15) is 13.2 Å². The molecule has 0 amide bonds. The van der Waals surface area contributed by atoms with Crippen molar-refractivity contribution in [2.45, 2.75) is 11.4 Å². The summed E-state index contributed by atoms with van der Waals surface area (Å²) >= 11 is 5.89. The first-order chi connectivity index (χ1) is 10.3. The Bertz CT molecular complexity index is 785. The SMILES string of the molecule is COc1cc(S(=O)(=O)NCc2ccco2)c(Cl)cc1C(=O)O. The first-order valence-electron chi connectivity index (χ1n) is 5.98. The zero-order valence-electron chi connectivity index (χ0n) is 11.4. The van der Waals surface area contributed by atoms with Crippen LogP contribution in [-0.2, 0) is 16.6 Å². The molecule has 1 heterocycles. The maximum atomic E-state index is 12.3. The molecule has 0 unspecified atom stereocenters. The van der Waals surface area contributed by atoms with Crippen molar-refractivity contribution in [1.29, 1.82) is 0 Å². The minimum absolute atomic E-state index is 0.0609. The average Bonchev–Trinajstić information content (AvgIpc) is 2.98. The summed E-state index contributed by atoms with van der Waals surface area (Å²) in [5.41, 5.74) is -0.225. The summed E-state index contributed by atoms with van der Waals surface area (Å²) in [5, 5.41) is 8.81. The lowest BCUT2D eigenvalue weighted by molar-refractivity contribution is 0.0693. The molecule has 0 aliphatic heterocycles. The van der Waals surface area contributed by atoms with Crippen LogP contribution in [0.15, 0.2) is 39.8 Å². The van der Waals surface area contributed by atoms with Gasteiger partial charge in [0.2, 0.25) is 10.0 Å². The first-order valence-corrected chi connectivity index (χ1v) is 7.84. The van der Waals surface area contributed by atoms with E-state index < -0.39 is 16.0 Å². The number of halogens is 1. The molecule has 2 N–H and O–H groups in total. The number of rotatable bonds is 6. The van der Waals surface area contributed by atoms with Crippen molar-refractivity contribution in [2.24, 2.45) is 0 Å². The zero-order chi connectivity index (χ0) is 16.3. The third-order valence-electron chi connectivity index (χ3n) is 2.79. The molecule has 0 spiro atoms. The summed E-state index contributed by atoms with van der Waals surface area (Å²) in [6, 6.07) is 5.33. The minimum atomic E-state index is -3.96. The minimum Gasteiger partial charge on any atom is -0.496 e. The maximum absolute atomic E-state index is 12.3. The molecule has 0 bridgehead atoms. The highest BCUT2D eigenvalue weighted by Crippen LogP contribution is 2.30. The van der Waals surface area contributed by atoms with E-state index in [1.54, 1.807) is 12.1 Å². The van der Waals surface area contributed by atoms with Crippen LogP contribution in [0.2, 0.25) is 5.02 Å². The lowest BCUT2D eigenvalue weighted by Crippen LogP contribution is -2.23. The number of sulfonamides is 1. The Morgan fingerprint density at radius 1 is 1.45 bits per heavy atom. The summed E-state index contributed by atoms with van der Waals surface area (Å²) in [4.78, 5) is 10.8. The predicted octanol–water partition coefficient (Wildman–Crippen LogP) is 2.12. The number of methoxy groups -OCH3 is 1. The van der Waals surface area contributed by atoms with Crippen LogP contribution in [0, 0.1) is 0 Å². The first kappa shape index (κ1) is 16.3. The van der Waals surface area contributed by atoms with E-state index in [0.717, 1.165) is 12.1 Å². The number of aromatic carboxylic acids is 1. The average molecular weight is 346 g/mol. The van der Waals surface area contributed by atoms with E-state index in [-0.39, 0.29) is 27.8 Å². The van der Waals surface area contributed by atoms with Crippen molar-refractivity contribution in [3.8, 4) is 5.75 Å². The van der Waals surface area contributed by atoms with Crippen molar-refractivity contribution in [3.63, 3.8) is 0 Å². The number of benzene rings is 1. The molecule has 1 aromatic carbocycles. The van der Waals surface area contributed by atoms with E-state index in [4.69, 9.17) is 25.9 Å². The Kier molecular flexibility index (Phi) is 4.74. The van der Waals surface area contributed by atoms with Gasteiger partial charge in [-0.05, 0) is 18.2 Å². The van der Waals surface area contributed by atoms with E-state index >= 15 is 0 Å². The zero-order valence-corrected chi connectivity index (χ0v) is 12.9. The van der Waals surface area contributed by atoms with Gasteiger partial charge in [-0.15, -0.1) is 0 Å². The third-order valence-corrected chi connectivity index (χ3v) is 4.66. The fraction of sp³-hybridized carbons (Fsp3) is 0.154. The highest BCUT2D eigenvalue weighted by Gasteiger charge is 2.23. The molecule has 2 rings (SSSR count). The Morgan fingerprint density at radius 3 is 2.73 bits per heavy atom. The molecular formula is C13H12ClNO6S. The molecule has 2 aromatic rings. The van der Waals surface area contributed by atoms with Crippen molar-refractivity contribution in [2.75, 3.05) is 7.11 Å². The van der Waals surface area contributed by atoms with Crippen LogP contribution < -0.4 is 9.46 Å². The van der Waals surface area contributed by atoms with Gasteiger partial charge < -0.3 is 14.3 Å². The molecule has 0 saturated carbocycles. The number of carboxylic acid groups (broad SMARTS) is 1. The molecule has 0 fully saturated rings. The van der Waals surface area contributed by atoms with Gasteiger partial charge in [-0.1, -0.05) is 11.6 Å². The maximum Gasteiger partial charge on any atom is 0.339 e. The summed E-state index contributed by atoms with van der Waals surface area (Å²) in [6.45, 7) is -0.0609. The molecule has 0 saturated heterocycles. The van der Waals surface area contributed by atoms with Crippen LogP contribution in [0.4, 0.5) is 0 Å². The van der Waals surface area contributed by atoms with Gasteiger partial charge in [0.1, 0.15) is 22.0 Å². The molecule has 22 heavy (non-hydrogen) atoms. The summed E-state index contributed by atoms with van der Waals surface area (Å²) in [5.74, 6) is -0.949. The van der Waals surface area contributed by atoms with Gasteiger partial charge in [0, 0.05) is 6.07 Å². The number of nitrogens with one attached hydrogen (secondary N) is 1. The van der Waals surface area contributed by atoms with E-state index in [1.807, 2.05) is 0 Å². The molecule has 0 atom stereocenters. The lowest BCUT2D eigenvalue weighted by atomic mass is 10.2. The number of hydrogen-bond donors (Lipinski definition) is 2. The van der Waals surface area contributed by atoms with Crippen molar-refractivity contribution in [1.82, 2.24) is 4.72 Å². The molecule has 9 heteroatoms. The van der Waals surface area contributed by atoms with Crippen LogP contribution in [0.5, 0.6) is 5.75 Å². The van der Waals surface area contributed by atoms with E-state index in [1.165, 1.54) is 13.4 Å². The fourth-order valence-corrected chi connectivity index (χ4v) is 3.27. The van der Waals surface area contributed by atoms with Crippen LogP contribution in [0.1, 0.15) is 16.1 Å². The summed E-state index contributed by atoms with van der Waals surface area (Å²) in [6.07, 6.45) is 1.42. The van der Waals surface area contributed by atoms with Gasteiger partial charge in [0.05, 0.1) is 24.9 Å². The van der Waals surface area contributed by atoms with Crippen molar-refractivity contribution >= 4 is 27.6 Å². The van der Waals surface area contributed by atoms with Gasteiger partial charge >= 0.3 is 5.97 Å². The van der Waals surface area contributed by atoms with Gasteiger partial charge in [-0.25, -0.2) is 17.9 Å². The number of hydrogen-bond acceptors (Lipinski definition) is 5. The van der Waals surface area contributed by atoms with Gasteiger partial charge in [-0.3, -0.25) is 0 Å². The monoisotopic (exact) mass is 345 g/mol. The van der Waals surface area contributed by atoms with Crippen LogP contribution in [0.25, 0.3) is 0 Å². The van der Waals surface area contributed by atoms with Crippen LogP contribution in [0.3, 0.4) is 0 Å². The second-order valence-corrected chi connectivity index (χ2v) is 6.33. The predicted molar refractivity (Wildman–Crippen MR) is 77.7 cm³/mol. The van der Waals surface area contributed by atoms with Crippen molar-refractivity contribution < 1.29 is 27.5 Å². The summed E-state index contributed by atoms with van der Waals surface area (Å²) in [7, 11) is -2.72. The standard InChI is InChI=1S/C13H12ClNO6S/c1-20-11-6-12(10(14)5-9(11)13(16)17)22(18,19)15-7-8-3-2-4-21-8/h2-6,15H,7H2,1H3,(H,16,17). The molecule has 7 nitrogen and oxygen atoms in total. The highest BCUT2D eigenvalue weighted by molar-refractivity contribution is 7.89. The molecule has 0 aliphatic rings. The lowest BCUT2D eigenvalue weighted by Gasteiger charge is -2.11. The Morgan fingerprint density at radius 2 is 2.18 bits per heavy atom. The number of carboxylic acids is 1. The summed E-state index contributed by atoms with van der Waals surface area (Å²) < 4.78 is 36.7. The smallest absolute Gasteiger partial charge is 0.339 e. The van der Waals surface area contributed by atoms with Crippen molar-refractivity contribution in [3.05, 3.63) is 46.9 Å². The topological polar surface area (TPSA) is 106 Å². The van der Waals surface area contributed by atoms with Gasteiger partial charge in [0.25, 0.3) is 0 Å².